The molecule has 4 rings (SSSR count). The van der Waals surface area contributed by atoms with E-state index in [4.69, 9.17) is 0 Å². The standard InChI is InChI=1S/C24H26N2.ClH/c1-4-10-21(11-5-1)20-25-16-18-26(19-17-25)24(22-12-6-2-7-13-22)23-14-8-3-9-15-23;/h1-15,24H,16-20H2;1H. The van der Waals surface area contributed by atoms with Crippen LogP contribution in [0.15, 0.2) is 91.0 Å². The number of nitrogens with zero attached hydrogens (tertiary/aromatic N) is 2. The first-order valence-corrected chi connectivity index (χ1v) is 9.50. The summed E-state index contributed by atoms with van der Waals surface area (Å²) >= 11 is 0. The second-order valence-corrected chi connectivity index (χ2v) is 7.02. The molecule has 0 N–H and O–H groups in total. The Hall–Kier alpha value is -2.13. The van der Waals surface area contributed by atoms with E-state index in [1.54, 1.807) is 0 Å². The second-order valence-electron chi connectivity index (χ2n) is 7.02. The number of piperazine rings is 1. The van der Waals surface area contributed by atoms with E-state index in [1.807, 2.05) is 0 Å². The van der Waals surface area contributed by atoms with E-state index < -0.39 is 0 Å². The van der Waals surface area contributed by atoms with Crippen LogP contribution in [0.3, 0.4) is 0 Å². The minimum atomic E-state index is 0. The van der Waals surface area contributed by atoms with Gasteiger partial charge in [0, 0.05) is 32.7 Å². The van der Waals surface area contributed by atoms with Crippen molar-refractivity contribution in [2.45, 2.75) is 12.6 Å². The third-order valence-electron chi connectivity index (χ3n) is 5.25. The summed E-state index contributed by atoms with van der Waals surface area (Å²) in [5, 5.41) is 0. The fourth-order valence-electron chi connectivity index (χ4n) is 3.91. The zero-order chi connectivity index (χ0) is 17.6. The first kappa shape index (κ1) is 19.6. The molecule has 0 atom stereocenters. The molecule has 0 aliphatic carbocycles. The Morgan fingerprint density at radius 2 is 1.04 bits per heavy atom. The molecule has 0 unspecified atom stereocenters. The zero-order valence-electron chi connectivity index (χ0n) is 15.6. The van der Waals surface area contributed by atoms with Crippen LogP contribution < -0.4 is 0 Å². The Kier molecular flexibility index (Phi) is 7.05. The highest BCUT2D eigenvalue weighted by Crippen LogP contribution is 2.29. The van der Waals surface area contributed by atoms with Crippen molar-refractivity contribution in [3.63, 3.8) is 0 Å². The van der Waals surface area contributed by atoms with E-state index in [0.717, 1.165) is 32.7 Å². The van der Waals surface area contributed by atoms with Crippen LogP contribution in [0.1, 0.15) is 22.7 Å². The van der Waals surface area contributed by atoms with E-state index in [9.17, 15) is 0 Å². The van der Waals surface area contributed by atoms with Gasteiger partial charge in [-0.15, -0.1) is 12.4 Å². The van der Waals surface area contributed by atoms with Gasteiger partial charge in [-0.1, -0.05) is 91.0 Å². The van der Waals surface area contributed by atoms with E-state index in [0.29, 0.717) is 6.04 Å². The lowest BCUT2D eigenvalue weighted by Crippen LogP contribution is -2.47. The monoisotopic (exact) mass is 378 g/mol. The van der Waals surface area contributed by atoms with E-state index >= 15 is 0 Å². The molecule has 1 aliphatic heterocycles. The van der Waals surface area contributed by atoms with Crippen molar-refractivity contribution in [3.8, 4) is 0 Å². The maximum atomic E-state index is 2.63. The first-order chi connectivity index (χ1) is 12.9. The molecule has 0 saturated carbocycles. The predicted molar refractivity (Wildman–Crippen MR) is 115 cm³/mol. The quantitative estimate of drug-likeness (QED) is 0.615. The highest BCUT2D eigenvalue weighted by Gasteiger charge is 2.26. The fourth-order valence-corrected chi connectivity index (χ4v) is 3.91. The predicted octanol–water partition coefficient (Wildman–Crippen LogP) is 5.02. The van der Waals surface area contributed by atoms with Gasteiger partial charge in [0.15, 0.2) is 0 Å². The normalized spacial score (nSPS) is 15.4. The van der Waals surface area contributed by atoms with Crippen molar-refractivity contribution in [3.05, 3.63) is 108 Å². The van der Waals surface area contributed by atoms with Gasteiger partial charge in [-0.05, 0) is 16.7 Å². The Labute approximate surface area is 168 Å². The summed E-state index contributed by atoms with van der Waals surface area (Å²) in [5.74, 6) is 0. The van der Waals surface area contributed by atoms with Crippen molar-refractivity contribution < 1.29 is 0 Å². The molecule has 0 spiro atoms. The smallest absolute Gasteiger partial charge is 0.0602 e. The van der Waals surface area contributed by atoms with Gasteiger partial charge in [-0.25, -0.2) is 0 Å². The Morgan fingerprint density at radius 1 is 0.593 bits per heavy atom. The summed E-state index contributed by atoms with van der Waals surface area (Å²) in [6, 6.07) is 33.0. The molecular formula is C24H27ClN2. The largest absolute Gasteiger partial charge is 0.297 e. The maximum absolute atomic E-state index is 2.63. The van der Waals surface area contributed by atoms with Crippen LogP contribution in [-0.4, -0.2) is 36.0 Å². The molecule has 1 aliphatic rings. The summed E-state index contributed by atoms with van der Waals surface area (Å²) in [4.78, 5) is 5.20. The average Bonchev–Trinajstić information content (AvgIpc) is 2.72. The molecule has 27 heavy (non-hydrogen) atoms. The maximum Gasteiger partial charge on any atom is 0.0602 e. The molecule has 3 aromatic rings. The molecule has 140 valence electrons. The highest BCUT2D eigenvalue weighted by molar-refractivity contribution is 5.85. The van der Waals surface area contributed by atoms with Gasteiger partial charge in [-0.3, -0.25) is 9.80 Å². The van der Waals surface area contributed by atoms with Crippen molar-refractivity contribution in [2.75, 3.05) is 26.2 Å². The highest BCUT2D eigenvalue weighted by atomic mass is 35.5. The molecule has 1 saturated heterocycles. The van der Waals surface area contributed by atoms with Crippen LogP contribution in [0.25, 0.3) is 0 Å². The molecule has 0 aromatic heterocycles. The lowest BCUT2D eigenvalue weighted by molar-refractivity contribution is 0.105. The van der Waals surface area contributed by atoms with Crippen molar-refractivity contribution in [2.24, 2.45) is 0 Å². The van der Waals surface area contributed by atoms with E-state index in [2.05, 4.69) is 101 Å². The number of hydrogen-bond acceptors (Lipinski definition) is 2. The third-order valence-corrected chi connectivity index (χ3v) is 5.25. The second kappa shape index (κ2) is 9.70. The van der Waals surface area contributed by atoms with Crippen molar-refractivity contribution in [1.82, 2.24) is 9.80 Å². The zero-order valence-corrected chi connectivity index (χ0v) is 16.4. The average molecular weight is 379 g/mol. The van der Waals surface area contributed by atoms with Gasteiger partial charge in [0.1, 0.15) is 0 Å². The topological polar surface area (TPSA) is 6.48 Å². The fraction of sp³-hybridized carbons (Fsp3) is 0.250. The van der Waals surface area contributed by atoms with Gasteiger partial charge >= 0.3 is 0 Å². The van der Waals surface area contributed by atoms with Crippen LogP contribution in [0.4, 0.5) is 0 Å². The number of benzene rings is 3. The first-order valence-electron chi connectivity index (χ1n) is 9.50. The lowest BCUT2D eigenvalue weighted by atomic mass is 9.96. The molecule has 1 fully saturated rings. The molecule has 0 bridgehead atoms. The van der Waals surface area contributed by atoms with Crippen molar-refractivity contribution >= 4 is 12.4 Å². The summed E-state index contributed by atoms with van der Waals surface area (Å²) in [7, 11) is 0. The van der Waals surface area contributed by atoms with Gasteiger partial charge in [-0.2, -0.15) is 0 Å². The minimum absolute atomic E-state index is 0. The van der Waals surface area contributed by atoms with Crippen molar-refractivity contribution in [1.29, 1.82) is 0 Å². The number of rotatable bonds is 5. The summed E-state index contributed by atoms with van der Waals surface area (Å²) in [6.45, 7) is 5.48. The SMILES string of the molecule is Cl.c1ccc(CN2CCN(C(c3ccccc3)c3ccccc3)CC2)cc1. The summed E-state index contributed by atoms with van der Waals surface area (Å²) in [5.41, 5.74) is 4.18. The Morgan fingerprint density at radius 3 is 1.52 bits per heavy atom. The molecular weight excluding hydrogens is 352 g/mol. The van der Waals surface area contributed by atoms with Gasteiger partial charge in [0.25, 0.3) is 0 Å². The number of halogens is 1. The molecule has 0 amide bonds. The molecule has 3 heteroatoms. The van der Waals surface area contributed by atoms with Gasteiger partial charge < -0.3 is 0 Å². The third kappa shape index (κ3) is 4.98. The minimum Gasteiger partial charge on any atom is -0.297 e. The van der Waals surface area contributed by atoms with Crippen LogP contribution in [-0.2, 0) is 6.54 Å². The van der Waals surface area contributed by atoms with Crippen LogP contribution in [0, 0.1) is 0 Å². The lowest BCUT2D eigenvalue weighted by Gasteiger charge is -2.39. The Bertz CT molecular complexity index is 745. The van der Waals surface area contributed by atoms with Gasteiger partial charge in [0.05, 0.1) is 6.04 Å². The summed E-state index contributed by atoms with van der Waals surface area (Å²) < 4.78 is 0. The molecule has 3 aromatic carbocycles. The van der Waals surface area contributed by atoms with E-state index in [-0.39, 0.29) is 12.4 Å². The number of hydrogen-bond donors (Lipinski definition) is 0. The van der Waals surface area contributed by atoms with Crippen LogP contribution in [0.5, 0.6) is 0 Å². The summed E-state index contributed by atoms with van der Waals surface area (Å²) in [6.07, 6.45) is 0. The van der Waals surface area contributed by atoms with Crippen LogP contribution >= 0.6 is 12.4 Å². The van der Waals surface area contributed by atoms with Gasteiger partial charge in [0.2, 0.25) is 0 Å². The Balaban J connectivity index is 0.00000210. The van der Waals surface area contributed by atoms with E-state index in [1.165, 1.54) is 16.7 Å². The molecule has 1 heterocycles. The molecule has 0 radical (unpaired) electrons. The molecule has 2 nitrogen and oxygen atoms in total. The van der Waals surface area contributed by atoms with Crippen LogP contribution in [0.2, 0.25) is 0 Å².